The molecular formula is C36H24O7. The number of benzene rings is 7. The fourth-order valence-corrected chi connectivity index (χ4v) is 6.09. The van der Waals surface area contributed by atoms with Crippen LogP contribution in [0.25, 0.3) is 65.7 Å². The fourth-order valence-electron chi connectivity index (χ4n) is 6.09. The number of fused-ring (bicyclic) bond motifs is 3. The van der Waals surface area contributed by atoms with E-state index >= 15 is 0 Å². The molecule has 7 heteroatoms. The van der Waals surface area contributed by atoms with Crippen molar-refractivity contribution in [2.75, 3.05) is 0 Å². The minimum atomic E-state index is -1.08. The van der Waals surface area contributed by atoms with Gasteiger partial charge < -0.3 is 35.7 Å². The first kappa shape index (κ1) is 25.9. The molecule has 0 aliphatic heterocycles. The third-order valence-electron chi connectivity index (χ3n) is 8.01. The van der Waals surface area contributed by atoms with Crippen LogP contribution >= 0.6 is 0 Å². The highest BCUT2D eigenvalue weighted by Crippen LogP contribution is 2.59. The molecule has 210 valence electrons. The van der Waals surface area contributed by atoms with Crippen LogP contribution in [0.4, 0.5) is 0 Å². The summed E-state index contributed by atoms with van der Waals surface area (Å²) in [4.78, 5) is 0. The Morgan fingerprint density at radius 3 is 1.23 bits per heavy atom. The molecule has 0 fully saturated rings. The monoisotopic (exact) mass is 568 g/mol. The van der Waals surface area contributed by atoms with Gasteiger partial charge in [-0.1, -0.05) is 97.1 Å². The lowest BCUT2D eigenvalue weighted by Gasteiger charge is -2.20. The molecule has 0 saturated carbocycles. The molecule has 43 heavy (non-hydrogen) atoms. The first-order valence-corrected chi connectivity index (χ1v) is 13.5. The first-order valence-electron chi connectivity index (χ1n) is 13.5. The Morgan fingerprint density at radius 1 is 0.279 bits per heavy atom. The van der Waals surface area contributed by atoms with Crippen molar-refractivity contribution in [3.63, 3.8) is 0 Å². The van der Waals surface area contributed by atoms with Crippen LogP contribution in [0.15, 0.2) is 103 Å². The van der Waals surface area contributed by atoms with Crippen molar-refractivity contribution in [3.8, 4) is 73.6 Å². The average Bonchev–Trinajstić information content (AvgIpc) is 3.04. The minimum Gasteiger partial charge on any atom is -0.504 e. The zero-order valence-corrected chi connectivity index (χ0v) is 22.4. The summed E-state index contributed by atoms with van der Waals surface area (Å²) in [5.41, 5.74) is 3.97. The maximum absolute atomic E-state index is 11.1. The van der Waals surface area contributed by atoms with E-state index in [9.17, 15) is 35.7 Å². The van der Waals surface area contributed by atoms with E-state index in [0.717, 1.165) is 43.8 Å². The Balaban J connectivity index is 1.69. The van der Waals surface area contributed by atoms with E-state index in [1.165, 1.54) is 0 Å². The van der Waals surface area contributed by atoms with E-state index in [1.807, 2.05) is 84.9 Å². The van der Waals surface area contributed by atoms with Gasteiger partial charge in [0.25, 0.3) is 0 Å². The summed E-state index contributed by atoms with van der Waals surface area (Å²) in [6.07, 6.45) is 0. The lowest BCUT2D eigenvalue weighted by molar-refractivity contribution is 0.347. The van der Waals surface area contributed by atoms with Gasteiger partial charge in [0, 0.05) is 10.9 Å². The van der Waals surface area contributed by atoms with Gasteiger partial charge in [-0.2, -0.15) is 0 Å². The Morgan fingerprint density at radius 2 is 0.698 bits per heavy atom. The minimum absolute atomic E-state index is 0.163. The van der Waals surface area contributed by atoms with E-state index in [2.05, 4.69) is 6.07 Å². The summed E-state index contributed by atoms with van der Waals surface area (Å²) in [5.74, 6) is -6.70. The lowest BCUT2D eigenvalue weighted by atomic mass is 9.84. The van der Waals surface area contributed by atoms with Crippen LogP contribution in [0.5, 0.6) is 40.2 Å². The molecule has 0 aliphatic carbocycles. The van der Waals surface area contributed by atoms with Gasteiger partial charge in [-0.05, 0) is 55.4 Å². The quantitative estimate of drug-likeness (QED) is 0.0649. The number of hydrogen-bond donors (Lipinski definition) is 7. The third kappa shape index (κ3) is 3.68. The number of phenols is 7. The second kappa shape index (κ2) is 9.49. The van der Waals surface area contributed by atoms with Crippen molar-refractivity contribution in [1.29, 1.82) is 0 Å². The standard InChI is InChI=1S/C36H24O7/c37-30-27(28-29(32(39)34(30)41)33(40)36(43)35(42)31(28)38)20-15-16-23-24(17-20)26(19-11-5-2-6-12-19)22-14-8-7-13-21(22)25(23)18-9-3-1-4-10-18/h1-17,37-43H. The Hall–Kier alpha value is -6.08. The van der Waals surface area contributed by atoms with Crippen LogP contribution in [0.3, 0.4) is 0 Å². The molecule has 0 saturated heterocycles. The number of hydrogen-bond acceptors (Lipinski definition) is 7. The SMILES string of the molecule is Oc1c(O)c(O)c2c(-c3ccc4c(-c5ccccc5)c5ccccc5c(-c5ccccc5)c4c3)c(O)c(O)c(O)c2c1O. The molecule has 0 bridgehead atoms. The van der Waals surface area contributed by atoms with E-state index in [1.54, 1.807) is 12.1 Å². The van der Waals surface area contributed by atoms with Crippen LogP contribution < -0.4 is 0 Å². The number of phenolic OH excluding ortho intramolecular Hbond substituents is 7. The van der Waals surface area contributed by atoms with Gasteiger partial charge in [-0.3, -0.25) is 0 Å². The van der Waals surface area contributed by atoms with E-state index in [-0.39, 0.29) is 10.9 Å². The smallest absolute Gasteiger partial charge is 0.205 e. The summed E-state index contributed by atoms with van der Waals surface area (Å²) in [6, 6.07) is 33.2. The van der Waals surface area contributed by atoms with Crippen LogP contribution in [-0.4, -0.2) is 35.7 Å². The fraction of sp³-hybridized carbons (Fsp3) is 0. The Bertz CT molecular complexity index is 2230. The molecule has 7 rings (SSSR count). The summed E-state index contributed by atoms with van der Waals surface area (Å²) in [6.45, 7) is 0. The van der Waals surface area contributed by atoms with Gasteiger partial charge in [0.05, 0.1) is 5.39 Å². The van der Waals surface area contributed by atoms with Gasteiger partial charge in [-0.15, -0.1) is 0 Å². The Labute approximate surface area is 244 Å². The molecule has 0 unspecified atom stereocenters. The van der Waals surface area contributed by atoms with E-state index in [0.29, 0.717) is 5.56 Å². The van der Waals surface area contributed by atoms with Crippen molar-refractivity contribution in [2.45, 2.75) is 0 Å². The predicted octanol–water partition coefficient (Wildman–Crippen LogP) is 8.09. The maximum Gasteiger partial charge on any atom is 0.205 e. The summed E-state index contributed by atoms with van der Waals surface area (Å²) < 4.78 is 0. The van der Waals surface area contributed by atoms with Crippen molar-refractivity contribution in [2.24, 2.45) is 0 Å². The van der Waals surface area contributed by atoms with E-state index in [4.69, 9.17) is 0 Å². The highest BCUT2D eigenvalue weighted by molar-refractivity contribution is 6.22. The van der Waals surface area contributed by atoms with Gasteiger partial charge in [0.2, 0.25) is 17.2 Å². The second-order valence-electron chi connectivity index (χ2n) is 10.4. The van der Waals surface area contributed by atoms with Crippen molar-refractivity contribution in [3.05, 3.63) is 103 Å². The third-order valence-corrected chi connectivity index (χ3v) is 8.01. The molecule has 0 atom stereocenters. The van der Waals surface area contributed by atoms with E-state index < -0.39 is 45.6 Å². The van der Waals surface area contributed by atoms with Crippen molar-refractivity contribution < 1.29 is 35.7 Å². The molecule has 7 aromatic rings. The molecule has 0 radical (unpaired) electrons. The van der Waals surface area contributed by atoms with Gasteiger partial charge >= 0.3 is 0 Å². The predicted molar refractivity (Wildman–Crippen MR) is 167 cm³/mol. The van der Waals surface area contributed by atoms with Crippen LogP contribution in [0, 0.1) is 0 Å². The largest absolute Gasteiger partial charge is 0.504 e. The van der Waals surface area contributed by atoms with Crippen molar-refractivity contribution in [1.82, 2.24) is 0 Å². The number of rotatable bonds is 3. The normalized spacial score (nSPS) is 11.4. The van der Waals surface area contributed by atoms with Gasteiger partial charge in [0.15, 0.2) is 23.0 Å². The molecular weight excluding hydrogens is 544 g/mol. The summed E-state index contributed by atoms with van der Waals surface area (Å²) in [7, 11) is 0. The van der Waals surface area contributed by atoms with Crippen LogP contribution in [0.1, 0.15) is 0 Å². The molecule has 0 amide bonds. The zero-order valence-electron chi connectivity index (χ0n) is 22.4. The lowest BCUT2D eigenvalue weighted by Crippen LogP contribution is -1.93. The van der Waals surface area contributed by atoms with Crippen LogP contribution in [-0.2, 0) is 0 Å². The molecule has 0 aliphatic rings. The first-order chi connectivity index (χ1) is 20.8. The number of aromatic hydroxyl groups is 7. The van der Waals surface area contributed by atoms with Gasteiger partial charge in [-0.25, -0.2) is 0 Å². The Kier molecular flexibility index (Phi) is 5.71. The maximum atomic E-state index is 11.1. The molecule has 0 spiro atoms. The second-order valence-corrected chi connectivity index (χ2v) is 10.4. The zero-order chi connectivity index (χ0) is 30.0. The summed E-state index contributed by atoms with van der Waals surface area (Å²) >= 11 is 0. The van der Waals surface area contributed by atoms with Crippen LogP contribution in [0.2, 0.25) is 0 Å². The summed E-state index contributed by atoms with van der Waals surface area (Å²) in [5, 5.41) is 77.2. The molecule has 0 heterocycles. The highest BCUT2D eigenvalue weighted by Gasteiger charge is 2.29. The topological polar surface area (TPSA) is 142 Å². The van der Waals surface area contributed by atoms with Crippen molar-refractivity contribution >= 4 is 32.3 Å². The van der Waals surface area contributed by atoms with Gasteiger partial charge in [0.1, 0.15) is 0 Å². The molecule has 0 aromatic heterocycles. The molecule has 7 aromatic carbocycles. The molecule has 7 N–H and O–H groups in total. The molecule has 7 nitrogen and oxygen atoms in total. The highest BCUT2D eigenvalue weighted by atomic mass is 16.3. The average molecular weight is 569 g/mol.